The van der Waals surface area contributed by atoms with Gasteiger partial charge < -0.3 is 8.83 Å². The fourth-order valence-corrected chi connectivity index (χ4v) is 7.87. The lowest BCUT2D eigenvalue weighted by molar-refractivity contribution is 0.299. The zero-order chi connectivity index (χ0) is 29.8. The second kappa shape index (κ2) is 13.0. The molecule has 0 amide bonds. The van der Waals surface area contributed by atoms with Crippen LogP contribution in [0.2, 0.25) is 0 Å². The van der Waals surface area contributed by atoms with Crippen molar-refractivity contribution in [2.45, 2.75) is 104 Å². The van der Waals surface area contributed by atoms with Crippen LogP contribution in [0.4, 0.5) is 0 Å². The summed E-state index contributed by atoms with van der Waals surface area (Å²) < 4.78 is 12.8. The van der Waals surface area contributed by atoms with Gasteiger partial charge >= 0.3 is 0 Å². The number of allylic oxidation sites excluding steroid dienone is 2. The summed E-state index contributed by atoms with van der Waals surface area (Å²) in [4.78, 5) is 0. The average molecular weight is 573 g/mol. The number of unbranched alkanes of at least 4 members (excludes halogenated alkanes) is 6. The van der Waals surface area contributed by atoms with E-state index in [4.69, 9.17) is 8.83 Å². The number of benzene rings is 2. The number of furan rings is 2. The fraction of sp³-hybridized carbons (Fsp3) is 0.415. The van der Waals surface area contributed by atoms with E-state index in [1.807, 2.05) is 12.5 Å². The van der Waals surface area contributed by atoms with E-state index in [1.54, 1.807) is 0 Å². The van der Waals surface area contributed by atoms with Crippen molar-refractivity contribution in [2.24, 2.45) is 5.41 Å². The highest BCUT2D eigenvalue weighted by Crippen LogP contribution is 2.62. The van der Waals surface area contributed by atoms with Crippen molar-refractivity contribution >= 4 is 23.3 Å². The van der Waals surface area contributed by atoms with E-state index in [-0.39, 0.29) is 17.3 Å². The Morgan fingerprint density at radius 1 is 0.558 bits per heavy atom. The number of aryl methyl sites for hydroxylation is 2. The normalized spacial score (nSPS) is 17.6. The van der Waals surface area contributed by atoms with Crippen LogP contribution < -0.4 is 0 Å². The van der Waals surface area contributed by atoms with E-state index in [9.17, 15) is 0 Å². The van der Waals surface area contributed by atoms with Crippen LogP contribution in [0.25, 0.3) is 23.3 Å². The molecule has 2 heterocycles. The summed E-state index contributed by atoms with van der Waals surface area (Å²) in [6, 6.07) is 22.4. The maximum Gasteiger partial charge on any atom is 0.133 e. The Labute approximate surface area is 258 Å². The van der Waals surface area contributed by atoms with Crippen molar-refractivity contribution < 1.29 is 8.83 Å². The minimum absolute atomic E-state index is 0.157. The van der Waals surface area contributed by atoms with Crippen molar-refractivity contribution in [3.63, 3.8) is 0 Å². The quantitative estimate of drug-likeness (QED) is 0.140. The van der Waals surface area contributed by atoms with Crippen LogP contribution in [-0.4, -0.2) is 0 Å². The molecule has 2 aromatic carbocycles. The van der Waals surface area contributed by atoms with Crippen molar-refractivity contribution in [2.75, 3.05) is 0 Å². The lowest BCUT2D eigenvalue weighted by Crippen LogP contribution is -2.30. The zero-order valence-corrected chi connectivity index (χ0v) is 26.6. The molecular formula is C41H48O2. The third-order valence-corrected chi connectivity index (χ3v) is 9.96. The van der Waals surface area contributed by atoms with Gasteiger partial charge in [0.15, 0.2) is 0 Å². The molecule has 2 heteroatoms. The Morgan fingerprint density at radius 3 is 1.44 bits per heavy atom. The first kappa shape index (κ1) is 29.5. The molecule has 6 rings (SSSR count). The van der Waals surface area contributed by atoms with Gasteiger partial charge in [-0.25, -0.2) is 0 Å². The van der Waals surface area contributed by atoms with Crippen LogP contribution in [0.15, 0.2) is 82.0 Å². The van der Waals surface area contributed by atoms with Gasteiger partial charge in [-0.15, -0.1) is 0 Å². The van der Waals surface area contributed by atoms with Gasteiger partial charge in [-0.05, 0) is 88.8 Å². The van der Waals surface area contributed by atoms with Crippen molar-refractivity contribution in [3.05, 3.63) is 118 Å². The first-order valence-corrected chi connectivity index (χ1v) is 16.8. The summed E-state index contributed by atoms with van der Waals surface area (Å²) in [6.45, 7) is 9.50. The molecule has 0 bridgehead atoms. The SMILES string of the molecule is CCCCCCc1ccoc1C1=Cc2ccccc2C1C(C)(C)C1C(c2occc2CCCCCC)=Cc2ccccc21. The predicted octanol–water partition coefficient (Wildman–Crippen LogP) is 12.1. The molecule has 0 saturated heterocycles. The Kier molecular flexibility index (Phi) is 8.93. The van der Waals surface area contributed by atoms with Gasteiger partial charge in [-0.3, -0.25) is 0 Å². The maximum absolute atomic E-state index is 6.38. The molecular weight excluding hydrogens is 524 g/mol. The van der Waals surface area contributed by atoms with Crippen LogP contribution in [0.3, 0.4) is 0 Å². The van der Waals surface area contributed by atoms with Crippen LogP contribution in [0.5, 0.6) is 0 Å². The Hall–Kier alpha value is -3.52. The standard InChI is InChI=1S/C41H48O2/c1-5-7-9-11-17-29-23-25-42-39(29)35-27-31-19-13-15-21-33(31)37(35)41(3,4)38-34-22-16-14-20-32(34)28-36(38)40-30(24-26-43-40)18-12-10-8-6-2/h13-16,19-28,37-38H,5-12,17-18H2,1-4H3. The molecule has 2 aromatic heterocycles. The molecule has 2 atom stereocenters. The molecule has 0 fully saturated rings. The van der Waals surface area contributed by atoms with Gasteiger partial charge in [-0.2, -0.15) is 0 Å². The molecule has 2 aliphatic rings. The number of rotatable bonds is 14. The number of hydrogen-bond donors (Lipinski definition) is 0. The first-order valence-electron chi connectivity index (χ1n) is 16.8. The molecule has 0 N–H and O–H groups in total. The third kappa shape index (κ3) is 5.74. The molecule has 0 aliphatic heterocycles. The van der Waals surface area contributed by atoms with Gasteiger partial charge in [0.1, 0.15) is 11.5 Å². The smallest absolute Gasteiger partial charge is 0.133 e. The van der Waals surface area contributed by atoms with Gasteiger partial charge in [0.05, 0.1) is 12.5 Å². The van der Waals surface area contributed by atoms with E-state index in [0.29, 0.717) is 0 Å². The van der Waals surface area contributed by atoms with Gasteiger partial charge in [0, 0.05) is 23.0 Å². The molecule has 224 valence electrons. The van der Waals surface area contributed by atoms with Gasteiger partial charge in [0.25, 0.3) is 0 Å². The molecule has 0 radical (unpaired) electrons. The molecule has 0 spiro atoms. The van der Waals surface area contributed by atoms with Crippen molar-refractivity contribution in [1.29, 1.82) is 0 Å². The van der Waals surface area contributed by atoms with Gasteiger partial charge in [-0.1, -0.05) is 115 Å². The second-order valence-electron chi connectivity index (χ2n) is 13.3. The summed E-state index contributed by atoms with van der Waals surface area (Å²) in [5.74, 6) is 2.54. The molecule has 0 saturated carbocycles. The maximum atomic E-state index is 6.38. The Bertz CT molecular complexity index is 1470. The molecule has 2 nitrogen and oxygen atoms in total. The Balaban J connectivity index is 1.40. The van der Waals surface area contributed by atoms with Gasteiger partial charge in [0.2, 0.25) is 0 Å². The topological polar surface area (TPSA) is 26.3 Å². The fourth-order valence-electron chi connectivity index (χ4n) is 7.87. The van der Waals surface area contributed by atoms with E-state index < -0.39 is 0 Å². The summed E-state index contributed by atoms with van der Waals surface area (Å²) in [7, 11) is 0. The number of hydrogen-bond acceptors (Lipinski definition) is 2. The molecule has 2 aliphatic carbocycles. The van der Waals surface area contributed by atoms with Crippen LogP contribution >= 0.6 is 0 Å². The third-order valence-electron chi connectivity index (χ3n) is 9.96. The van der Waals surface area contributed by atoms with Crippen LogP contribution in [0, 0.1) is 5.41 Å². The molecule has 43 heavy (non-hydrogen) atoms. The van der Waals surface area contributed by atoms with Crippen molar-refractivity contribution in [1.82, 2.24) is 0 Å². The van der Waals surface area contributed by atoms with Crippen LogP contribution in [0.1, 0.15) is 136 Å². The summed E-state index contributed by atoms with van der Waals surface area (Å²) in [5.41, 5.74) is 10.6. The van der Waals surface area contributed by atoms with E-state index in [2.05, 4.69) is 101 Å². The summed E-state index contributed by atoms with van der Waals surface area (Å²) >= 11 is 0. The lowest BCUT2D eigenvalue weighted by atomic mass is 9.61. The van der Waals surface area contributed by atoms with E-state index in [1.165, 1.54) is 95.9 Å². The van der Waals surface area contributed by atoms with Crippen LogP contribution in [-0.2, 0) is 12.8 Å². The lowest BCUT2D eigenvalue weighted by Gasteiger charge is -2.41. The summed E-state index contributed by atoms with van der Waals surface area (Å²) in [5, 5.41) is 0. The Morgan fingerprint density at radius 2 is 1.00 bits per heavy atom. The molecule has 2 unspecified atom stereocenters. The number of fused-ring (bicyclic) bond motifs is 2. The minimum atomic E-state index is -0.157. The van der Waals surface area contributed by atoms with Crippen molar-refractivity contribution in [3.8, 4) is 0 Å². The monoisotopic (exact) mass is 572 g/mol. The highest BCUT2D eigenvalue weighted by Gasteiger charge is 2.48. The second-order valence-corrected chi connectivity index (χ2v) is 13.3. The van der Waals surface area contributed by atoms with E-state index >= 15 is 0 Å². The average Bonchev–Trinajstić information content (AvgIpc) is 3.81. The zero-order valence-electron chi connectivity index (χ0n) is 26.6. The first-order chi connectivity index (χ1) is 21.0. The minimum Gasteiger partial charge on any atom is -0.464 e. The highest BCUT2D eigenvalue weighted by atomic mass is 16.3. The summed E-state index contributed by atoms with van der Waals surface area (Å²) in [6.07, 6.45) is 20.8. The highest BCUT2D eigenvalue weighted by molar-refractivity contribution is 5.95. The van der Waals surface area contributed by atoms with E-state index in [0.717, 1.165) is 24.4 Å². The predicted molar refractivity (Wildman–Crippen MR) is 181 cm³/mol. The molecule has 4 aromatic rings. The largest absolute Gasteiger partial charge is 0.464 e.